The Morgan fingerprint density at radius 1 is 1.05 bits per heavy atom. The SMILES string of the molecule is CN(Cc1ccccc1Cl)C(=O)/C=C/c1ccccc1Cl. The Bertz CT molecular complexity index is 667. The average molecular weight is 320 g/mol. The van der Waals surface area contributed by atoms with E-state index in [1.54, 1.807) is 24.1 Å². The van der Waals surface area contributed by atoms with Gasteiger partial charge < -0.3 is 4.90 Å². The molecule has 4 heteroatoms. The summed E-state index contributed by atoms with van der Waals surface area (Å²) in [5.41, 5.74) is 1.74. The van der Waals surface area contributed by atoms with Gasteiger partial charge >= 0.3 is 0 Å². The number of likely N-dealkylation sites (N-methyl/N-ethyl adjacent to an activating group) is 1. The topological polar surface area (TPSA) is 20.3 Å². The zero-order chi connectivity index (χ0) is 15.2. The maximum Gasteiger partial charge on any atom is 0.246 e. The molecule has 0 bridgehead atoms. The molecule has 2 aromatic carbocycles. The van der Waals surface area contributed by atoms with Crippen molar-refractivity contribution in [3.63, 3.8) is 0 Å². The van der Waals surface area contributed by atoms with E-state index in [1.807, 2.05) is 42.5 Å². The van der Waals surface area contributed by atoms with Crippen molar-refractivity contribution in [2.24, 2.45) is 0 Å². The predicted octanol–water partition coefficient (Wildman–Crippen LogP) is 4.67. The molecule has 2 aromatic rings. The standard InChI is InChI=1S/C17H15Cl2NO/c1-20(12-14-7-3-5-9-16(14)19)17(21)11-10-13-6-2-4-8-15(13)18/h2-11H,12H2,1H3/b11-10+. The van der Waals surface area contributed by atoms with Gasteiger partial charge in [0.25, 0.3) is 0 Å². The highest BCUT2D eigenvalue weighted by Crippen LogP contribution is 2.18. The summed E-state index contributed by atoms with van der Waals surface area (Å²) < 4.78 is 0. The molecule has 0 aliphatic rings. The average Bonchev–Trinajstić information content (AvgIpc) is 2.48. The van der Waals surface area contributed by atoms with E-state index in [4.69, 9.17) is 23.2 Å². The summed E-state index contributed by atoms with van der Waals surface area (Å²) >= 11 is 12.1. The van der Waals surface area contributed by atoms with E-state index in [-0.39, 0.29) is 5.91 Å². The molecular weight excluding hydrogens is 305 g/mol. The number of benzene rings is 2. The first-order chi connectivity index (χ1) is 10.1. The van der Waals surface area contributed by atoms with Gasteiger partial charge in [0.05, 0.1) is 0 Å². The molecule has 108 valence electrons. The van der Waals surface area contributed by atoms with E-state index in [9.17, 15) is 4.79 Å². The molecule has 0 unspecified atom stereocenters. The first-order valence-corrected chi connectivity index (χ1v) is 7.24. The summed E-state index contributed by atoms with van der Waals surface area (Å²) in [6.07, 6.45) is 3.23. The fourth-order valence-corrected chi connectivity index (χ4v) is 2.25. The number of rotatable bonds is 4. The van der Waals surface area contributed by atoms with Crippen molar-refractivity contribution >= 4 is 35.2 Å². The number of halogens is 2. The fraction of sp³-hybridized carbons (Fsp3) is 0.118. The van der Waals surface area contributed by atoms with Gasteiger partial charge in [-0.25, -0.2) is 0 Å². The van der Waals surface area contributed by atoms with Crippen LogP contribution in [0.3, 0.4) is 0 Å². The van der Waals surface area contributed by atoms with Gasteiger partial charge in [-0.3, -0.25) is 4.79 Å². The molecule has 21 heavy (non-hydrogen) atoms. The summed E-state index contributed by atoms with van der Waals surface area (Å²) in [6, 6.07) is 14.9. The van der Waals surface area contributed by atoms with E-state index in [2.05, 4.69) is 0 Å². The molecule has 0 radical (unpaired) electrons. The van der Waals surface area contributed by atoms with Gasteiger partial charge in [-0.15, -0.1) is 0 Å². The summed E-state index contributed by atoms with van der Waals surface area (Å²) in [5, 5.41) is 1.28. The number of hydrogen-bond donors (Lipinski definition) is 0. The molecule has 0 heterocycles. The van der Waals surface area contributed by atoms with Crippen molar-refractivity contribution in [1.82, 2.24) is 4.90 Å². The molecule has 0 fully saturated rings. The lowest BCUT2D eigenvalue weighted by molar-refractivity contribution is -0.125. The lowest BCUT2D eigenvalue weighted by Crippen LogP contribution is -2.24. The maximum absolute atomic E-state index is 12.1. The monoisotopic (exact) mass is 319 g/mol. The molecule has 0 aliphatic carbocycles. The third-order valence-corrected chi connectivity index (χ3v) is 3.77. The predicted molar refractivity (Wildman–Crippen MR) is 88.4 cm³/mol. The van der Waals surface area contributed by atoms with Gasteiger partial charge in [-0.05, 0) is 29.3 Å². The minimum Gasteiger partial charge on any atom is -0.338 e. The van der Waals surface area contributed by atoms with Crippen LogP contribution in [0, 0.1) is 0 Å². The zero-order valence-corrected chi connectivity index (χ0v) is 13.1. The highest BCUT2D eigenvalue weighted by Gasteiger charge is 2.08. The van der Waals surface area contributed by atoms with Crippen LogP contribution < -0.4 is 0 Å². The van der Waals surface area contributed by atoms with Crippen LogP contribution in [0.2, 0.25) is 10.0 Å². The Balaban J connectivity index is 2.03. The van der Waals surface area contributed by atoms with E-state index in [0.717, 1.165) is 11.1 Å². The minimum atomic E-state index is -0.102. The van der Waals surface area contributed by atoms with Crippen LogP contribution in [0.4, 0.5) is 0 Å². The minimum absolute atomic E-state index is 0.102. The van der Waals surface area contributed by atoms with E-state index < -0.39 is 0 Å². The molecule has 0 atom stereocenters. The van der Waals surface area contributed by atoms with Crippen molar-refractivity contribution in [1.29, 1.82) is 0 Å². The quantitative estimate of drug-likeness (QED) is 0.750. The maximum atomic E-state index is 12.1. The van der Waals surface area contributed by atoms with Crippen molar-refractivity contribution in [2.75, 3.05) is 7.05 Å². The smallest absolute Gasteiger partial charge is 0.246 e. The van der Waals surface area contributed by atoms with Gasteiger partial charge in [-0.1, -0.05) is 59.6 Å². The van der Waals surface area contributed by atoms with Gasteiger partial charge in [0, 0.05) is 29.7 Å². The largest absolute Gasteiger partial charge is 0.338 e. The normalized spacial score (nSPS) is 10.8. The molecular formula is C17H15Cl2NO. The molecule has 0 aliphatic heterocycles. The van der Waals surface area contributed by atoms with E-state index in [0.29, 0.717) is 16.6 Å². The summed E-state index contributed by atoms with van der Waals surface area (Å²) in [5.74, 6) is -0.102. The molecule has 0 aromatic heterocycles. The summed E-state index contributed by atoms with van der Waals surface area (Å²) in [4.78, 5) is 13.7. The molecule has 0 N–H and O–H groups in total. The second-order valence-corrected chi connectivity index (χ2v) is 5.45. The number of amides is 1. The molecule has 0 saturated carbocycles. The Hall–Kier alpha value is -1.77. The Morgan fingerprint density at radius 3 is 2.33 bits per heavy atom. The second-order valence-electron chi connectivity index (χ2n) is 4.64. The Labute approximate surface area is 134 Å². The molecule has 2 nitrogen and oxygen atoms in total. The molecule has 1 amide bonds. The number of hydrogen-bond acceptors (Lipinski definition) is 1. The van der Waals surface area contributed by atoms with Gasteiger partial charge in [0.15, 0.2) is 0 Å². The third-order valence-electron chi connectivity index (χ3n) is 3.05. The molecule has 0 spiro atoms. The third kappa shape index (κ3) is 4.35. The lowest BCUT2D eigenvalue weighted by Gasteiger charge is -2.16. The molecule has 2 rings (SSSR count). The number of nitrogens with zero attached hydrogens (tertiary/aromatic N) is 1. The van der Waals surface area contributed by atoms with E-state index >= 15 is 0 Å². The highest BCUT2D eigenvalue weighted by molar-refractivity contribution is 6.32. The van der Waals surface area contributed by atoms with Crippen LogP contribution in [-0.4, -0.2) is 17.9 Å². The summed E-state index contributed by atoms with van der Waals surface area (Å²) in [7, 11) is 1.74. The van der Waals surface area contributed by atoms with Crippen LogP contribution in [0.1, 0.15) is 11.1 Å². The highest BCUT2D eigenvalue weighted by atomic mass is 35.5. The molecule has 0 saturated heterocycles. The van der Waals surface area contributed by atoms with Crippen LogP contribution in [0.25, 0.3) is 6.08 Å². The van der Waals surface area contributed by atoms with Crippen molar-refractivity contribution in [2.45, 2.75) is 6.54 Å². The first kappa shape index (κ1) is 15.6. The lowest BCUT2D eigenvalue weighted by atomic mass is 10.2. The van der Waals surface area contributed by atoms with Gasteiger partial charge in [0.1, 0.15) is 0 Å². The van der Waals surface area contributed by atoms with Crippen LogP contribution in [-0.2, 0) is 11.3 Å². The van der Waals surface area contributed by atoms with Crippen LogP contribution >= 0.6 is 23.2 Å². The zero-order valence-electron chi connectivity index (χ0n) is 11.6. The Morgan fingerprint density at radius 2 is 1.67 bits per heavy atom. The fourth-order valence-electron chi connectivity index (χ4n) is 1.86. The Kier molecular flexibility index (Phi) is 5.43. The van der Waals surface area contributed by atoms with Crippen LogP contribution in [0.15, 0.2) is 54.6 Å². The van der Waals surface area contributed by atoms with Crippen molar-refractivity contribution in [3.05, 3.63) is 75.8 Å². The van der Waals surface area contributed by atoms with Gasteiger partial charge in [-0.2, -0.15) is 0 Å². The van der Waals surface area contributed by atoms with Crippen molar-refractivity contribution in [3.8, 4) is 0 Å². The van der Waals surface area contributed by atoms with Gasteiger partial charge in [0.2, 0.25) is 5.91 Å². The number of carbonyl (C=O) groups is 1. The second kappa shape index (κ2) is 7.30. The van der Waals surface area contributed by atoms with Crippen molar-refractivity contribution < 1.29 is 4.79 Å². The first-order valence-electron chi connectivity index (χ1n) is 6.49. The summed E-state index contributed by atoms with van der Waals surface area (Å²) in [6.45, 7) is 0.464. The number of carbonyl (C=O) groups excluding carboxylic acids is 1. The van der Waals surface area contributed by atoms with E-state index in [1.165, 1.54) is 6.08 Å². The van der Waals surface area contributed by atoms with Crippen LogP contribution in [0.5, 0.6) is 0 Å².